The van der Waals surface area contributed by atoms with Crippen molar-refractivity contribution in [1.82, 2.24) is 15.0 Å². The summed E-state index contributed by atoms with van der Waals surface area (Å²) < 4.78 is 0. The van der Waals surface area contributed by atoms with E-state index in [9.17, 15) is 4.79 Å². The molecule has 0 unspecified atom stereocenters. The smallest absolute Gasteiger partial charge is 0.230 e. The predicted molar refractivity (Wildman–Crippen MR) is 118 cm³/mol. The van der Waals surface area contributed by atoms with E-state index in [0.29, 0.717) is 10.9 Å². The average Bonchev–Trinajstić information content (AvgIpc) is 3.26. The second-order valence-electron chi connectivity index (χ2n) is 6.24. The molecule has 4 rings (SSSR count). The predicted octanol–water partition coefficient (Wildman–Crippen LogP) is 5.74. The molecule has 1 amide bonds. The summed E-state index contributed by atoms with van der Waals surface area (Å²) in [5.41, 5.74) is 3.00. The first-order chi connectivity index (χ1) is 13.5. The molecule has 28 heavy (non-hydrogen) atoms. The monoisotopic (exact) mass is 426 g/mol. The Balaban J connectivity index is 1.57. The number of aryl methyl sites for hydroxylation is 2. The number of thioether (sulfide) groups is 1. The summed E-state index contributed by atoms with van der Waals surface area (Å²) >= 11 is 4.83. The van der Waals surface area contributed by atoms with Gasteiger partial charge >= 0.3 is 0 Å². The van der Waals surface area contributed by atoms with E-state index in [1.54, 1.807) is 41.2 Å². The molecule has 5 nitrogen and oxygen atoms in total. The molecule has 0 aliphatic rings. The van der Waals surface area contributed by atoms with Crippen molar-refractivity contribution in [2.45, 2.75) is 31.6 Å². The van der Waals surface area contributed by atoms with Gasteiger partial charge in [-0.05, 0) is 31.5 Å². The molecule has 8 heteroatoms. The number of rotatable bonds is 5. The van der Waals surface area contributed by atoms with Crippen LogP contribution in [0.25, 0.3) is 10.2 Å². The van der Waals surface area contributed by atoms with Crippen LogP contribution in [0.15, 0.2) is 47.1 Å². The van der Waals surface area contributed by atoms with Gasteiger partial charge in [-0.25, -0.2) is 15.0 Å². The highest BCUT2D eigenvalue weighted by molar-refractivity contribution is 7.98. The van der Waals surface area contributed by atoms with Gasteiger partial charge in [-0.3, -0.25) is 9.69 Å². The maximum atomic E-state index is 12.2. The zero-order valence-corrected chi connectivity index (χ0v) is 18.1. The fraction of sp³-hybridized carbons (Fsp3) is 0.200. The molecule has 1 aromatic carbocycles. The summed E-state index contributed by atoms with van der Waals surface area (Å²) in [6, 6.07) is 9.59. The minimum absolute atomic E-state index is 0.0540. The molecule has 142 valence electrons. The van der Waals surface area contributed by atoms with Crippen molar-refractivity contribution in [3.63, 3.8) is 0 Å². The van der Waals surface area contributed by atoms with Crippen LogP contribution in [0.1, 0.15) is 23.1 Å². The lowest BCUT2D eigenvalue weighted by Crippen LogP contribution is -2.22. The highest BCUT2D eigenvalue weighted by Gasteiger charge is 2.18. The number of hydrogen-bond acceptors (Lipinski definition) is 7. The maximum Gasteiger partial charge on any atom is 0.230 e. The molecule has 0 aliphatic heterocycles. The number of para-hydroxylation sites is 1. The molecule has 0 spiro atoms. The molecule has 0 bridgehead atoms. The van der Waals surface area contributed by atoms with Crippen LogP contribution in [0.3, 0.4) is 0 Å². The van der Waals surface area contributed by atoms with Crippen molar-refractivity contribution in [2.75, 3.05) is 4.90 Å². The van der Waals surface area contributed by atoms with Crippen LogP contribution in [0.2, 0.25) is 0 Å². The molecular weight excluding hydrogens is 408 g/mol. The summed E-state index contributed by atoms with van der Waals surface area (Å²) in [5, 5.41) is 4.81. The number of thiazole rings is 1. The van der Waals surface area contributed by atoms with Crippen molar-refractivity contribution >= 4 is 61.4 Å². The van der Waals surface area contributed by atoms with E-state index in [-0.39, 0.29) is 5.91 Å². The number of benzene rings is 1. The second-order valence-corrected chi connectivity index (χ2v) is 9.25. The molecule has 4 aromatic rings. The van der Waals surface area contributed by atoms with Crippen molar-refractivity contribution < 1.29 is 4.79 Å². The number of nitrogens with zero attached hydrogens (tertiary/aromatic N) is 4. The maximum absolute atomic E-state index is 12.2. The van der Waals surface area contributed by atoms with Gasteiger partial charge in [0, 0.05) is 28.3 Å². The molecule has 0 atom stereocenters. The Labute approximate surface area is 175 Å². The number of thiophene rings is 1. The number of amides is 1. The van der Waals surface area contributed by atoms with E-state index >= 15 is 0 Å². The summed E-state index contributed by atoms with van der Waals surface area (Å²) in [6.45, 7) is 5.79. The van der Waals surface area contributed by atoms with Crippen molar-refractivity contribution in [1.29, 1.82) is 0 Å². The topological polar surface area (TPSA) is 59.0 Å². The molecule has 0 saturated heterocycles. The Hall–Kier alpha value is -2.29. The molecule has 3 aromatic heterocycles. The molecule has 0 N–H and O–H groups in total. The van der Waals surface area contributed by atoms with Gasteiger partial charge in [0.2, 0.25) is 5.91 Å². The third-order valence-corrected chi connectivity index (χ3v) is 7.36. The van der Waals surface area contributed by atoms with Crippen LogP contribution in [0.4, 0.5) is 10.8 Å². The van der Waals surface area contributed by atoms with Gasteiger partial charge in [0.1, 0.15) is 16.2 Å². The van der Waals surface area contributed by atoms with Gasteiger partial charge in [0.25, 0.3) is 0 Å². The van der Waals surface area contributed by atoms with Crippen LogP contribution < -0.4 is 4.90 Å². The lowest BCUT2D eigenvalue weighted by molar-refractivity contribution is -0.115. The largest absolute Gasteiger partial charge is 0.274 e. The van der Waals surface area contributed by atoms with Gasteiger partial charge in [-0.1, -0.05) is 30.0 Å². The Kier molecular flexibility index (Phi) is 5.43. The van der Waals surface area contributed by atoms with E-state index < -0.39 is 0 Å². The minimum Gasteiger partial charge on any atom is -0.274 e. The van der Waals surface area contributed by atoms with Crippen molar-refractivity contribution in [2.24, 2.45) is 0 Å². The quantitative estimate of drug-likeness (QED) is 0.301. The van der Waals surface area contributed by atoms with Crippen LogP contribution in [-0.4, -0.2) is 20.9 Å². The number of fused-ring (bicyclic) bond motifs is 1. The highest BCUT2D eigenvalue weighted by Crippen LogP contribution is 2.36. The van der Waals surface area contributed by atoms with Crippen LogP contribution in [0.5, 0.6) is 0 Å². The Morgan fingerprint density at radius 3 is 2.71 bits per heavy atom. The molecule has 0 radical (unpaired) electrons. The Morgan fingerprint density at radius 1 is 1.18 bits per heavy atom. The van der Waals surface area contributed by atoms with Crippen LogP contribution >= 0.6 is 34.4 Å². The summed E-state index contributed by atoms with van der Waals surface area (Å²) in [7, 11) is 0. The van der Waals surface area contributed by atoms with Crippen LogP contribution in [-0.2, 0) is 10.5 Å². The first-order valence-corrected chi connectivity index (χ1v) is 11.4. The number of carbonyl (C=O) groups is 1. The van der Waals surface area contributed by atoms with E-state index in [1.807, 2.05) is 35.7 Å². The summed E-state index contributed by atoms with van der Waals surface area (Å²) in [6.07, 6.45) is 1.62. The van der Waals surface area contributed by atoms with Crippen molar-refractivity contribution in [3.8, 4) is 0 Å². The SMILES string of the molecule is CC(=O)N(c1ccccc1)c1nc(CSc2ncnc3sc(C)c(C)c23)cs1. The first-order valence-electron chi connectivity index (χ1n) is 8.68. The Morgan fingerprint density at radius 2 is 1.96 bits per heavy atom. The third-order valence-electron chi connectivity index (χ3n) is 4.35. The Bertz CT molecular complexity index is 1140. The molecule has 0 fully saturated rings. The molecule has 0 saturated carbocycles. The zero-order chi connectivity index (χ0) is 19.7. The lowest BCUT2D eigenvalue weighted by atomic mass is 10.2. The van der Waals surface area contributed by atoms with E-state index in [2.05, 4.69) is 23.8 Å². The second kappa shape index (κ2) is 7.98. The van der Waals surface area contributed by atoms with Crippen LogP contribution in [0, 0.1) is 13.8 Å². The standard InChI is InChI=1S/C20H18N4OS3/c1-12-13(2)28-19-17(12)18(21-11-22-19)26-9-15-10-27-20(23-15)24(14(3)25)16-7-5-4-6-8-16/h4-8,10-11H,9H2,1-3H3. The van der Waals surface area contributed by atoms with E-state index in [0.717, 1.165) is 26.6 Å². The van der Waals surface area contributed by atoms with Gasteiger partial charge in [-0.15, -0.1) is 22.7 Å². The average molecular weight is 427 g/mol. The van der Waals surface area contributed by atoms with Gasteiger partial charge in [0.15, 0.2) is 5.13 Å². The third kappa shape index (κ3) is 3.67. The summed E-state index contributed by atoms with van der Waals surface area (Å²) in [5.74, 6) is 0.638. The van der Waals surface area contributed by atoms with Crippen molar-refractivity contribution in [3.05, 3.63) is 58.2 Å². The number of anilines is 2. The fourth-order valence-electron chi connectivity index (χ4n) is 2.87. The van der Waals surface area contributed by atoms with Gasteiger partial charge in [-0.2, -0.15) is 0 Å². The fourth-order valence-corrected chi connectivity index (χ4v) is 5.87. The van der Waals surface area contributed by atoms with E-state index in [4.69, 9.17) is 4.98 Å². The number of carbonyl (C=O) groups excluding carboxylic acids is 1. The minimum atomic E-state index is -0.0540. The van der Waals surface area contributed by atoms with E-state index in [1.165, 1.54) is 21.8 Å². The number of hydrogen-bond donors (Lipinski definition) is 0. The normalized spacial score (nSPS) is 11.1. The molecule has 3 heterocycles. The zero-order valence-electron chi connectivity index (χ0n) is 15.7. The number of aromatic nitrogens is 3. The molecular formula is C20H18N4OS3. The first kappa shape index (κ1) is 19.0. The summed E-state index contributed by atoms with van der Waals surface area (Å²) in [4.78, 5) is 29.7. The van der Waals surface area contributed by atoms with Gasteiger partial charge in [0.05, 0.1) is 11.4 Å². The molecule has 0 aliphatic carbocycles. The van der Waals surface area contributed by atoms with Gasteiger partial charge < -0.3 is 0 Å². The lowest BCUT2D eigenvalue weighted by Gasteiger charge is -2.17. The highest BCUT2D eigenvalue weighted by atomic mass is 32.2.